The van der Waals surface area contributed by atoms with Crippen molar-refractivity contribution in [3.63, 3.8) is 0 Å². The van der Waals surface area contributed by atoms with Gasteiger partial charge in [0.2, 0.25) is 0 Å². The number of amides is 2. The number of thioether (sulfide) groups is 1. The van der Waals surface area contributed by atoms with Gasteiger partial charge in [-0.3, -0.25) is 14.8 Å². The average molecular weight is 415 g/mol. The summed E-state index contributed by atoms with van der Waals surface area (Å²) in [5, 5.41) is 13.0. The Hall–Kier alpha value is -2.88. The summed E-state index contributed by atoms with van der Waals surface area (Å²) in [4.78, 5) is 28.3. The van der Waals surface area contributed by atoms with Crippen molar-refractivity contribution in [2.24, 2.45) is 0 Å². The fourth-order valence-electron chi connectivity index (χ4n) is 2.26. The standard InChI is InChI=1S/C19H17N3O4S2/c23-17(18-21-16(12-27-18)13-4-2-1-3-5-13)20-10-11-26-14-6-8-15(9-7-14)28-19(24)22-25/h1-9,12,25H,10-11H2,(H,20,23)(H,22,24). The number of hydrogen-bond acceptors (Lipinski definition) is 7. The van der Waals surface area contributed by atoms with Crippen LogP contribution < -0.4 is 15.5 Å². The Kier molecular flexibility index (Phi) is 7.01. The lowest BCUT2D eigenvalue weighted by Crippen LogP contribution is -2.28. The van der Waals surface area contributed by atoms with Crippen LogP contribution in [0, 0.1) is 0 Å². The number of rotatable bonds is 7. The van der Waals surface area contributed by atoms with Crippen molar-refractivity contribution in [1.82, 2.24) is 15.8 Å². The van der Waals surface area contributed by atoms with Crippen molar-refractivity contribution in [2.75, 3.05) is 13.2 Å². The highest BCUT2D eigenvalue weighted by Crippen LogP contribution is 2.22. The van der Waals surface area contributed by atoms with Crippen LogP contribution in [0.3, 0.4) is 0 Å². The molecule has 0 atom stereocenters. The number of hydroxylamine groups is 1. The first-order chi connectivity index (χ1) is 13.7. The quantitative estimate of drug-likeness (QED) is 0.235. The molecule has 28 heavy (non-hydrogen) atoms. The van der Waals surface area contributed by atoms with Crippen LogP contribution in [-0.4, -0.2) is 34.5 Å². The molecule has 0 fully saturated rings. The van der Waals surface area contributed by atoms with Crippen molar-refractivity contribution >= 4 is 34.2 Å². The number of benzene rings is 2. The molecule has 0 saturated carbocycles. The maximum atomic E-state index is 12.2. The van der Waals surface area contributed by atoms with Crippen molar-refractivity contribution in [2.45, 2.75) is 4.90 Å². The Morgan fingerprint density at radius 2 is 1.86 bits per heavy atom. The molecule has 0 bridgehead atoms. The Morgan fingerprint density at radius 3 is 2.57 bits per heavy atom. The Labute approximate surface area is 169 Å². The first kappa shape index (κ1) is 19.9. The van der Waals surface area contributed by atoms with Crippen molar-refractivity contribution in [3.8, 4) is 17.0 Å². The molecule has 1 aromatic heterocycles. The topological polar surface area (TPSA) is 101 Å². The number of aromatic nitrogens is 1. The zero-order valence-electron chi connectivity index (χ0n) is 14.6. The van der Waals surface area contributed by atoms with Crippen LogP contribution in [0.2, 0.25) is 0 Å². The third-order valence-corrected chi connectivity index (χ3v) is 5.18. The summed E-state index contributed by atoms with van der Waals surface area (Å²) in [6.07, 6.45) is 0. The molecule has 2 amide bonds. The van der Waals surface area contributed by atoms with Gasteiger partial charge in [-0.1, -0.05) is 30.3 Å². The summed E-state index contributed by atoms with van der Waals surface area (Å²) >= 11 is 2.16. The Bertz CT molecular complexity index is 930. The van der Waals surface area contributed by atoms with Gasteiger partial charge in [0.05, 0.1) is 12.2 Å². The predicted octanol–water partition coefficient (Wildman–Crippen LogP) is 3.81. The van der Waals surface area contributed by atoms with E-state index in [1.165, 1.54) is 11.3 Å². The predicted molar refractivity (Wildman–Crippen MR) is 108 cm³/mol. The molecular formula is C19H17N3O4S2. The molecule has 0 unspecified atom stereocenters. The van der Waals surface area contributed by atoms with E-state index < -0.39 is 5.24 Å². The van der Waals surface area contributed by atoms with Gasteiger partial charge in [0.25, 0.3) is 5.91 Å². The van der Waals surface area contributed by atoms with Gasteiger partial charge >= 0.3 is 5.24 Å². The Morgan fingerprint density at radius 1 is 1.11 bits per heavy atom. The van der Waals surface area contributed by atoms with E-state index in [-0.39, 0.29) is 5.91 Å². The summed E-state index contributed by atoms with van der Waals surface area (Å²) in [6, 6.07) is 16.5. The second-order valence-electron chi connectivity index (χ2n) is 5.48. The van der Waals surface area contributed by atoms with Gasteiger partial charge in [-0.15, -0.1) is 11.3 Å². The normalized spacial score (nSPS) is 10.3. The Balaban J connectivity index is 1.43. The molecule has 3 aromatic rings. The third kappa shape index (κ3) is 5.56. The number of thiazole rings is 1. The molecule has 3 N–H and O–H groups in total. The van der Waals surface area contributed by atoms with Crippen LogP contribution in [0.4, 0.5) is 4.79 Å². The van der Waals surface area contributed by atoms with Gasteiger partial charge in [0.1, 0.15) is 12.4 Å². The zero-order valence-corrected chi connectivity index (χ0v) is 16.3. The fraction of sp³-hybridized carbons (Fsp3) is 0.105. The van der Waals surface area contributed by atoms with Gasteiger partial charge in [-0.05, 0) is 36.0 Å². The van der Waals surface area contributed by atoms with Crippen molar-refractivity contribution in [3.05, 3.63) is 65.0 Å². The fourth-order valence-corrected chi connectivity index (χ4v) is 3.54. The van der Waals surface area contributed by atoms with Crippen LogP contribution in [0.1, 0.15) is 9.80 Å². The molecule has 144 valence electrons. The van der Waals surface area contributed by atoms with E-state index in [9.17, 15) is 9.59 Å². The SMILES string of the molecule is O=C(NO)Sc1ccc(OCCNC(=O)c2nc(-c3ccccc3)cs2)cc1. The van der Waals surface area contributed by atoms with E-state index in [2.05, 4.69) is 10.3 Å². The second kappa shape index (κ2) is 9.88. The second-order valence-corrected chi connectivity index (χ2v) is 7.39. The minimum absolute atomic E-state index is 0.238. The van der Waals surface area contributed by atoms with Gasteiger partial charge in [-0.2, -0.15) is 0 Å². The average Bonchev–Trinajstić information content (AvgIpc) is 3.23. The molecule has 0 aliphatic rings. The van der Waals surface area contributed by atoms with Crippen LogP contribution >= 0.6 is 23.1 Å². The zero-order chi connectivity index (χ0) is 19.8. The molecule has 2 aromatic carbocycles. The lowest BCUT2D eigenvalue weighted by Gasteiger charge is -2.07. The first-order valence-corrected chi connectivity index (χ1v) is 9.99. The van der Waals surface area contributed by atoms with E-state index in [1.807, 2.05) is 35.7 Å². The molecule has 0 aliphatic carbocycles. The van der Waals surface area contributed by atoms with Crippen LogP contribution in [0.25, 0.3) is 11.3 Å². The number of carbonyl (C=O) groups excluding carboxylic acids is 2. The molecule has 3 rings (SSSR count). The molecule has 0 aliphatic heterocycles. The summed E-state index contributed by atoms with van der Waals surface area (Å²) < 4.78 is 5.56. The van der Waals surface area contributed by atoms with Crippen molar-refractivity contribution < 1.29 is 19.5 Å². The molecule has 0 radical (unpaired) electrons. The highest BCUT2D eigenvalue weighted by Gasteiger charge is 2.11. The lowest BCUT2D eigenvalue weighted by atomic mass is 10.2. The molecule has 9 heteroatoms. The summed E-state index contributed by atoms with van der Waals surface area (Å²) in [7, 11) is 0. The number of nitrogens with one attached hydrogen (secondary N) is 2. The molecule has 1 heterocycles. The van der Waals surface area contributed by atoms with Gasteiger partial charge < -0.3 is 10.1 Å². The van der Waals surface area contributed by atoms with E-state index in [0.717, 1.165) is 23.0 Å². The minimum atomic E-state index is -0.561. The largest absolute Gasteiger partial charge is 0.492 e. The number of carbonyl (C=O) groups is 2. The van der Waals surface area contributed by atoms with Crippen LogP contribution in [0.5, 0.6) is 5.75 Å². The van der Waals surface area contributed by atoms with Gasteiger partial charge in [0, 0.05) is 15.8 Å². The molecule has 0 saturated heterocycles. The highest BCUT2D eigenvalue weighted by atomic mass is 32.2. The summed E-state index contributed by atoms with van der Waals surface area (Å²) in [5.74, 6) is 0.376. The summed E-state index contributed by atoms with van der Waals surface area (Å²) in [5.41, 5.74) is 3.30. The maximum absolute atomic E-state index is 12.2. The number of nitrogens with zero attached hydrogens (tertiary/aromatic N) is 1. The lowest BCUT2D eigenvalue weighted by molar-refractivity contribution is 0.0946. The molecule has 7 nitrogen and oxygen atoms in total. The van der Waals surface area contributed by atoms with Gasteiger partial charge in [0.15, 0.2) is 5.01 Å². The smallest absolute Gasteiger partial charge is 0.307 e. The molecule has 0 spiro atoms. The van der Waals surface area contributed by atoms with Crippen LogP contribution in [-0.2, 0) is 0 Å². The first-order valence-electron chi connectivity index (χ1n) is 8.29. The molecular weight excluding hydrogens is 398 g/mol. The van der Waals surface area contributed by atoms with Crippen molar-refractivity contribution in [1.29, 1.82) is 0 Å². The monoisotopic (exact) mass is 415 g/mol. The number of ether oxygens (including phenoxy) is 1. The van der Waals surface area contributed by atoms with E-state index in [1.54, 1.807) is 29.7 Å². The van der Waals surface area contributed by atoms with Crippen LogP contribution in [0.15, 0.2) is 64.9 Å². The van der Waals surface area contributed by atoms with E-state index in [4.69, 9.17) is 9.94 Å². The summed E-state index contributed by atoms with van der Waals surface area (Å²) in [6.45, 7) is 0.634. The maximum Gasteiger partial charge on any atom is 0.307 e. The highest BCUT2D eigenvalue weighted by molar-refractivity contribution is 8.13. The number of hydrogen-bond donors (Lipinski definition) is 3. The van der Waals surface area contributed by atoms with Gasteiger partial charge in [-0.25, -0.2) is 10.5 Å². The minimum Gasteiger partial charge on any atom is -0.492 e. The third-order valence-electron chi connectivity index (χ3n) is 3.55. The van der Waals surface area contributed by atoms with E-state index in [0.29, 0.717) is 28.8 Å². The van der Waals surface area contributed by atoms with E-state index >= 15 is 0 Å².